The lowest BCUT2D eigenvalue weighted by Crippen LogP contribution is -2.50. The maximum absolute atomic E-state index is 12.9. The Bertz CT molecular complexity index is 1010. The minimum Gasteiger partial charge on any atom is -0.497 e. The number of hydrogen-bond donors (Lipinski definition) is 0. The van der Waals surface area contributed by atoms with Crippen LogP contribution in [0.4, 0.5) is 0 Å². The van der Waals surface area contributed by atoms with E-state index in [2.05, 4.69) is 12.1 Å². The van der Waals surface area contributed by atoms with Gasteiger partial charge in [0.2, 0.25) is 0 Å². The summed E-state index contributed by atoms with van der Waals surface area (Å²) in [5.41, 5.74) is 3.51. The molecule has 1 aliphatic rings. The lowest BCUT2D eigenvalue weighted by Gasteiger charge is -2.35. The van der Waals surface area contributed by atoms with Gasteiger partial charge in [-0.25, -0.2) is 0 Å². The van der Waals surface area contributed by atoms with Crippen LogP contribution < -0.4 is 4.74 Å². The van der Waals surface area contributed by atoms with Gasteiger partial charge < -0.3 is 14.5 Å². The van der Waals surface area contributed by atoms with Crippen LogP contribution in [-0.2, 0) is 0 Å². The molecule has 0 aliphatic carbocycles. The Morgan fingerprint density at radius 1 is 0.633 bits per heavy atom. The van der Waals surface area contributed by atoms with E-state index in [0.717, 1.165) is 16.9 Å². The zero-order valence-electron chi connectivity index (χ0n) is 17.0. The molecule has 0 unspecified atom stereocenters. The van der Waals surface area contributed by atoms with Crippen LogP contribution in [0.15, 0.2) is 78.9 Å². The first-order chi connectivity index (χ1) is 14.7. The molecule has 5 nitrogen and oxygen atoms in total. The highest BCUT2D eigenvalue weighted by atomic mass is 16.5. The number of nitrogens with zero attached hydrogens (tertiary/aromatic N) is 2. The van der Waals surface area contributed by atoms with Crippen LogP contribution >= 0.6 is 0 Å². The summed E-state index contributed by atoms with van der Waals surface area (Å²) in [6.45, 7) is 2.11. The Kier molecular flexibility index (Phi) is 5.80. The van der Waals surface area contributed by atoms with E-state index in [4.69, 9.17) is 4.74 Å². The van der Waals surface area contributed by atoms with Gasteiger partial charge in [0.15, 0.2) is 0 Å². The molecule has 1 saturated heterocycles. The Labute approximate surface area is 176 Å². The molecule has 2 amide bonds. The summed E-state index contributed by atoms with van der Waals surface area (Å²) in [7, 11) is 1.60. The summed E-state index contributed by atoms with van der Waals surface area (Å²) < 4.78 is 5.14. The van der Waals surface area contributed by atoms with Crippen LogP contribution in [-0.4, -0.2) is 54.9 Å². The highest BCUT2D eigenvalue weighted by Crippen LogP contribution is 2.20. The summed E-state index contributed by atoms with van der Waals surface area (Å²) in [6.07, 6.45) is 0. The molecule has 0 aromatic heterocycles. The lowest BCUT2D eigenvalue weighted by atomic mass is 10.0. The molecule has 0 spiro atoms. The van der Waals surface area contributed by atoms with E-state index in [1.807, 2.05) is 47.4 Å². The topological polar surface area (TPSA) is 49.9 Å². The summed E-state index contributed by atoms with van der Waals surface area (Å²) in [4.78, 5) is 29.2. The van der Waals surface area contributed by atoms with E-state index >= 15 is 0 Å². The van der Waals surface area contributed by atoms with Gasteiger partial charge in [0.1, 0.15) is 5.75 Å². The van der Waals surface area contributed by atoms with Crippen molar-refractivity contribution in [1.82, 2.24) is 9.80 Å². The normalized spacial score (nSPS) is 13.8. The second-order valence-corrected chi connectivity index (χ2v) is 7.26. The second kappa shape index (κ2) is 8.82. The average Bonchev–Trinajstić information content (AvgIpc) is 2.84. The third-order valence-corrected chi connectivity index (χ3v) is 5.43. The van der Waals surface area contributed by atoms with E-state index in [9.17, 15) is 9.59 Å². The highest BCUT2D eigenvalue weighted by Gasteiger charge is 2.25. The third-order valence-electron chi connectivity index (χ3n) is 5.43. The van der Waals surface area contributed by atoms with Crippen molar-refractivity contribution in [3.63, 3.8) is 0 Å². The molecule has 3 aromatic carbocycles. The predicted octanol–water partition coefficient (Wildman–Crippen LogP) is 3.96. The fourth-order valence-electron chi connectivity index (χ4n) is 3.65. The van der Waals surface area contributed by atoms with Gasteiger partial charge in [-0.05, 0) is 47.5 Å². The minimum atomic E-state index is -0.0167. The molecule has 1 fully saturated rings. The van der Waals surface area contributed by atoms with Crippen molar-refractivity contribution in [3.05, 3.63) is 90.0 Å². The number of hydrogen-bond acceptors (Lipinski definition) is 3. The molecule has 0 bridgehead atoms. The van der Waals surface area contributed by atoms with Gasteiger partial charge in [-0.2, -0.15) is 0 Å². The van der Waals surface area contributed by atoms with Crippen LogP contribution in [0.3, 0.4) is 0 Å². The maximum Gasteiger partial charge on any atom is 0.253 e. The van der Waals surface area contributed by atoms with Crippen molar-refractivity contribution in [2.75, 3.05) is 33.3 Å². The molecule has 30 heavy (non-hydrogen) atoms. The predicted molar refractivity (Wildman–Crippen MR) is 117 cm³/mol. The molecule has 0 atom stereocenters. The van der Waals surface area contributed by atoms with Gasteiger partial charge in [-0.15, -0.1) is 0 Å². The number of rotatable bonds is 4. The van der Waals surface area contributed by atoms with Crippen molar-refractivity contribution < 1.29 is 14.3 Å². The van der Waals surface area contributed by atoms with Crippen molar-refractivity contribution in [2.45, 2.75) is 0 Å². The van der Waals surface area contributed by atoms with E-state index in [-0.39, 0.29) is 11.8 Å². The molecule has 1 aliphatic heterocycles. The molecule has 3 aromatic rings. The fourth-order valence-corrected chi connectivity index (χ4v) is 3.65. The maximum atomic E-state index is 12.9. The Balaban J connectivity index is 1.36. The number of benzene rings is 3. The molecule has 0 N–H and O–H groups in total. The molecule has 5 heteroatoms. The first-order valence-electron chi connectivity index (χ1n) is 10.0. The van der Waals surface area contributed by atoms with Crippen molar-refractivity contribution in [3.8, 4) is 16.9 Å². The Morgan fingerprint density at radius 3 is 1.53 bits per heavy atom. The number of ether oxygens (including phenoxy) is 1. The molecular weight excluding hydrogens is 376 g/mol. The van der Waals surface area contributed by atoms with E-state index in [1.165, 1.54) is 0 Å². The number of methoxy groups -OCH3 is 1. The SMILES string of the molecule is COc1ccc(C(=O)N2CCN(C(=O)c3ccc(-c4ccccc4)cc3)CC2)cc1. The van der Waals surface area contributed by atoms with Crippen LogP contribution in [0.5, 0.6) is 5.75 Å². The number of amides is 2. The van der Waals surface area contributed by atoms with E-state index in [0.29, 0.717) is 37.3 Å². The number of carbonyl (C=O) groups excluding carboxylic acids is 2. The standard InChI is InChI=1S/C25H24N2O3/c1-30-23-13-11-22(12-14-23)25(29)27-17-15-26(16-18-27)24(28)21-9-7-20(8-10-21)19-5-3-2-4-6-19/h2-14H,15-18H2,1H3. The van der Waals surface area contributed by atoms with Gasteiger partial charge in [0, 0.05) is 37.3 Å². The van der Waals surface area contributed by atoms with Crippen LogP contribution in [0, 0.1) is 0 Å². The van der Waals surface area contributed by atoms with Gasteiger partial charge >= 0.3 is 0 Å². The lowest BCUT2D eigenvalue weighted by molar-refractivity contribution is 0.0535. The molecular formula is C25H24N2O3. The fraction of sp³-hybridized carbons (Fsp3) is 0.200. The second-order valence-electron chi connectivity index (χ2n) is 7.26. The number of piperazine rings is 1. The van der Waals surface area contributed by atoms with Gasteiger partial charge in [0.05, 0.1) is 7.11 Å². The first kappa shape index (κ1) is 19.7. The van der Waals surface area contributed by atoms with E-state index < -0.39 is 0 Å². The third kappa shape index (κ3) is 4.20. The van der Waals surface area contributed by atoms with Crippen molar-refractivity contribution in [1.29, 1.82) is 0 Å². The summed E-state index contributed by atoms with van der Waals surface area (Å²) >= 11 is 0. The van der Waals surface area contributed by atoms with Gasteiger partial charge in [-0.3, -0.25) is 9.59 Å². The molecule has 0 saturated carbocycles. The van der Waals surface area contributed by atoms with Gasteiger partial charge in [-0.1, -0.05) is 42.5 Å². The zero-order valence-corrected chi connectivity index (χ0v) is 17.0. The summed E-state index contributed by atoms with van der Waals surface area (Å²) in [5.74, 6) is 0.711. The molecule has 1 heterocycles. The Hall–Kier alpha value is -3.60. The van der Waals surface area contributed by atoms with Crippen LogP contribution in [0.1, 0.15) is 20.7 Å². The van der Waals surface area contributed by atoms with E-state index in [1.54, 1.807) is 36.3 Å². The van der Waals surface area contributed by atoms with Crippen LogP contribution in [0.2, 0.25) is 0 Å². The highest BCUT2D eigenvalue weighted by molar-refractivity contribution is 5.96. The molecule has 0 radical (unpaired) electrons. The van der Waals surface area contributed by atoms with Crippen LogP contribution in [0.25, 0.3) is 11.1 Å². The van der Waals surface area contributed by atoms with Crippen molar-refractivity contribution >= 4 is 11.8 Å². The average molecular weight is 400 g/mol. The first-order valence-corrected chi connectivity index (χ1v) is 10.0. The smallest absolute Gasteiger partial charge is 0.253 e. The number of carbonyl (C=O) groups is 2. The monoisotopic (exact) mass is 400 g/mol. The van der Waals surface area contributed by atoms with Gasteiger partial charge in [0.25, 0.3) is 11.8 Å². The zero-order chi connectivity index (χ0) is 20.9. The quantitative estimate of drug-likeness (QED) is 0.666. The summed E-state index contributed by atoms with van der Waals surface area (Å²) in [6, 6.07) is 24.9. The molecule has 4 rings (SSSR count). The summed E-state index contributed by atoms with van der Waals surface area (Å²) in [5, 5.41) is 0. The largest absolute Gasteiger partial charge is 0.497 e. The molecule has 152 valence electrons. The minimum absolute atomic E-state index is 0.00570. The Morgan fingerprint density at radius 2 is 1.07 bits per heavy atom. The van der Waals surface area contributed by atoms with Crippen molar-refractivity contribution in [2.24, 2.45) is 0 Å².